The molecule has 0 aliphatic carbocycles. The Bertz CT molecular complexity index is 1270. The van der Waals surface area contributed by atoms with Gasteiger partial charge in [-0.3, -0.25) is 9.59 Å². The molecule has 2 N–H and O–H groups in total. The number of amides is 2. The van der Waals surface area contributed by atoms with Gasteiger partial charge in [0.05, 0.1) is 10.9 Å². The molecular formula is C26H27N3O4S. The fourth-order valence-electron chi connectivity index (χ4n) is 4.22. The lowest BCUT2D eigenvalue weighted by molar-refractivity contribution is -0.122. The summed E-state index contributed by atoms with van der Waals surface area (Å²) in [5, 5.41) is 5.55. The Balaban J connectivity index is 1.58. The van der Waals surface area contributed by atoms with E-state index in [1.54, 1.807) is 12.1 Å². The van der Waals surface area contributed by atoms with E-state index in [0.717, 1.165) is 16.7 Å². The van der Waals surface area contributed by atoms with E-state index in [1.807, 2.05) is 54.6 Å². The Hall–Kier alpha value is -3.49. The number of nitrogens with zero attached hydrogens (tertiary/aromatic N) is 1. The van der Waals surface area contributed by atoms with Crippen LogP contribution in [0, 0.1) is 0 Å². The Kier molecular flexibility index (Phi) is 7.09. The van der Waals surface area contributed by atoms with Crippen LogP contribution < -0.4 is 10.6 Å². The third-order valence-corrected chi connectivity index (χ3v) is 7.78. The fraction of sp³-hybridized carbons (Fsp3) is 0.231. The van der Waals surface area contributed by atoms with Gasteiger partial charge in [-0.25, -0.2) is 8.42 Å². The van der Waals surface area contributed by atoms with Gasteiger partial charge in [-0.2, -0.15) is 4.31 Å². The highest BCUT2D eigenvalue weighted by molar-refractivity contribution is 7.89. The second kappa shape index (κ2) is 10.2. The van der Waals surface area contributed by atoms with Gasteiger partial charge in [0.1, 0.15) is 0 Å². The maximum absolute atomic E-state index is 13.6. The molecule has 34 heavy (non-hydrogen) atoms. The Morgan fingerprint density at radius 2 is 1.62 bits per heavy atom. The van der Waals surface area contributed by atoms with Crippen molar-refractivity contribution in [1.29, 1.82) is 0 Å². The van der Waals surface area contributed by atoms with Crippen molar-refractivity contribution in [3.05, 3.63) is 95.6 Å². The van der Waals surface area contributed by atoms with Gasteiger partial charge >= 0.3 is 0 Å². The number of fused-ring (bicyclic) bond motifs is 1. The van der Waals surface area contributed by atoms with E-state index in [0.29, 0.717) is 18.7 Å². The Labute approximate surface area is 199 Å². The lowest BCUT2D eigenvalue weighted by Crippen LogP contribution is -2.42. The summed E-state index contributed by atoms with van der Waals surface area (Å²) in [6, 6.07) is 22.7. The predicted octanol–water partition coefficient (Wildman–Crippen LogP) is 3.64. The molecule has 0 fully saturated rings. The molecule has 176 valence electrons. The van der Waals surface area contributed by atoms with Crippen LogP contribution in [0.1, 0.15) is 36.1 Å². The molecule has 0 saturated carbocycles. The SMILES string of the molecule is CC(=O)Nc1ccc(S(=O)(=O)N2CCc3ccccc3C2CC(=O)NCc2ccccc2)cc1. The molecule has 1 unspecified atom stereocenters. The third kappa shape index (κ3) is 5.35. The van der Waals surface area contributed by atoms with E-state index in [4.69, 9.17) is 0 Å². The van der Waals surface area contributed by atoms with E-state index in [-0.39, 0.29) is 29.7 Å². The van der Waals surface area contributed by atoms with E-state index in [2.05, 4.69) is 10.6 Å². The Morgan fingerprint density at radius 1 is 0.941 bits per heavy atom. The van der Waals surface area contributed by atoms with E-state index in [1.165, 1.54) is 23.4 Å². The zero-order valence-electron chi connectivity index (χ0n) is 18.9. The summed E-state index contributed by atoms with van der Waals surface area (Å²) in [5.41, 5.74) is 3.40. The van der Waals surface area contributed by atoms with Crippen LogP contribution in [0.2, 0.25) is 0 Å². The number of sulfonamides is 1. The van der Waals surface area contributed by atoms with Crippen LogP contribution >= 0.6 is 0 Å². The average Bonchev–Trinajstić information content (AvgIpc) is 2.83. The molecule has 0 radical (unpaired) electrons. The standard InChI is InChI=1S/C26H27N3O4S/c1-19(30)28-22-11-13-23(14-12-22)34(32,33)29-16-15-21-9-5-6-10-24(21)25(29)17-26(31)27-18-20-7-3-2-4-8-20/h2-14,25H,15-18H2,1H3,(H,27,31)(H,28,30). The highest BCUT2D eigenvalue weighted by Crippen LogP contribution is 2.36. The van der Waals surface area contributed by atoms with Crippen molar-refractivity contribution in [2.24, 2.45) is 0 Å². The van der Waals surface area contributed by atoms with Crippen molar-refractivity contribution in [2.75, 3.05) is 11.9 Å². The summed E-state index contributed by atoms with van der Waals surface area (Å²) in [6.45, 7) is 2.05. The van der Waals surface area contributed by atoms with Gasteiger partial charge in [-0.15, -0.1) is 0 Å². The number of carbonyl (C=O) groups is 2. The summed E-state index contributed by atoms with van der Waals surface area (Å²) in [7, 11) is -3.87. The van der Waals surface area contributed by atoms with Crippen LogP contribution in [0.5, 0.6) is 0 Å². The number of rotatable bonds is 7. The molecule has 8 heteroatoms. The molecule has 1 aliphatic rings. The van der Waals surface area contributed by atoms with Gasteiger partial charge in [0.25, 0.3) is 0 Å². The summed E-state index contributed by atoms with van der Waals surface area (Å²) >= 11 is 0. The molecule has 1 atom stereocenters. The smallest absolute Gasteiger partial charge is 0.243 e. The van der Waals surface area contributed by atoms with Crippen molar-refractivity contribution in [2.45, 2.75) is 37.2 Å². The van der Waals surface area contributed by atoms with Gasteiger partial charge in [0, 0.05) is 32.1 Å². The maximum Gasteiger partial charge on any atom is 0.243 e. The van der Waals surface area contributed by atoms with Crippen molar-refractivity contribution in [1.82, 2.24) is 9.62 Å². The lowest BCUT2D eigenvalue weighted by Gasteiger charge is -2.36. The topological polar surface area (TPSA) is 95.6 Å². The molecule has 2 amide bonds. The lowest BCUT2D eigenvalue weighted by atomic mass is 9.92. The molecular weight excluding hydrogens is 450 g/mol. The summed E-state index contributed by atoms with van der Waals surface area (Å²) in [6.07, 6.45) is 0.592. The molecule has 3 aromatic rings. The Morgan fingerprint density at radius 3 is 2.32 bits per heavy atom. The van der Waals surface area contributed by atoms with Crippen LogP contribution in [0.4, 0.5) is 5.69 Å². The number of anilines is 1. The number of hydrogen-bond acceptors (Lipinski definition) is 4. The minimum absolute atomic E-state index is 0.0209. The average molecular weight is 478 g/mol. The van der Waals surface area contributed by atoms with Gasteiger partial charge < -0.3 is 10.6 Å². The van der Waals surface area contributed by atoms with Gasteiger partial charge in [-0.1, -0.05) is 54.6 Å². The molecule has 4 rings (SSSR count). The first-order valence-corrected chi connectivity index (χ1v) is 12.6. The van der Waals surface area contributed by atoms with Crippen LogP contribution in [0.3, 0.4) is 0 Å². The van der Waals surface area contributed by atoms with Crippen LogP contribution in [0.25, 0.3) is 0 Å². The van der Waals surface area contributed by atoms with Crippen LogP contribution in [-0.4, -0.2) is 31.1 Å². The quantitative estimate of drug-likeness (QED) is 0.543. The highest BCUT2D eigenvalue weighted by Gasteiger charge is 2.37. The van der Waals surface area contributed by atoms with Gasteiger partial charge in [0.15, 0.2) is 0 Å². The monoisotopic (exact) mass is 477 g/mol. The largest absolute Gasteiger partial charge is 0.352 e. The normalized spacial score (nSPS) is 15.9. The first kappa shape index (κ1) is 23.7. The molecule has 0 aromatic heterocycles. The van der Waals surface area contributed by atoms with Crippen molar-refractivity contribution < 1.29 is 18.0 Å². The van der Waals surface area contributed by atoms with E-state index >= 15 is 0 Å². The van der Waals surface area contributed by atoms with Gasteiger partial charge in [0.2, 0.25) is 21.8 Å². The zero-order valence-corrected chi connectivity index (χ0v) is 19.7. The number of nitrogens with one attached hydrogen (secondary N) is 2. The van der Waals surface area contributed by atoms with Crippen molar-refractivity contribution >= 4 is 27.5 Å². The first-order valence-electron chi connectivity index (χ1n) is 11.1. The number of carbonyl (C=O) groups excluding carboxylic acids is 2. The maximum atomic E-state index is 13.6. The minimum Gasteiger partial charge on any atom is -0.352 e. The third-order valence-electron chi connectivity index (χ3n) is 5.86. The molecule has 0 bridgehead atoms. The first-order chi connectivity index (χ1) is 16.3. The minimum atomic E-state index is -3.87. The second-order valence-corrected chi connectivity index (χ2v) is 10.1. The summed E-state index contributed by atoms with van der Waals surface area (Å²) < 4.78 is 28.6. The van der Waals surface area contributed by atoms with Crippen LogP contribution in [-0.2, 0) is 32.6 Å². The molecule has 0 spiro atoms. The van der Waals surface area contributed by atoms with E-state index < -0.39 is 16.1 Å². The molecule has 7 nitrogen and oxygen atoms in total. The van der Waals surface area contributed by atoms with Crippen molar-refractivity contribution in [3.63, 3.8) is 0 Å². The number of hydrogen-bond donors (Lipinski definition) is 2. The fourth-order valence-corrected chi connectivity index (χ4v) is 5.83. The molecule has 0 saturated heterocycles. The van der Waals surface area contributed by atoms with E-state index in [9.17, 15) is 18.0 Å². The highest BCUT2D eigenvalue weighted by atomic mass is 32.2. The summed E-state index contributed by atoms with van der Waals surface area (Å²) in [5.74, 6) is -0.448. The van der Waals surface area contributed by atoms with Crippen molar-refractivity contribution in [3.8, 4) is 0 Å². The molecule has 1 aliphatic heterocycles. The number of benzene rings is 3. The summed E-state index contributed by atoms with van der Waals surface area (Å²) in [4.78, 5) is 24.3. The predicted molar refractivity (Wildman–Crippen MR) is 130 cm³/mol. The zero-order chi connectivity index (χ0) is 24.1. The molecule has 1 heterocycles. The molecule has 3 aromatic carbocycles. The van der Waals surface area contributed by atoms with Crippen LogP contribution in [0.15, 0.2) is 83.8 Å². The van der Waals surface area contributed by atoms with Gasteiger partial charge in [-0.05, 0) is 47.4 Å². The second-order valence-electron chi connectivity index (χ2n) is 8.25.